The Balaban J connectivity index is 1.86. The Labute approximate surface area is 176 Å². The van der Waals surface area contributed by atoms with Gasteiger partial charge in [-0.15, -0.1) is 0 Å². The Bertz CT molecular complexity index is 1150. The molecule has 0 unspecified atom stereocenters. The number of amides is 2. The molecule has 1 heterocycles. The number of rotatable bonds is 7. The number of non-ortho nitro benzene ring substituents is 1. The van der Waals surface area contributed by atoms with E-state index in [2.05, 4.69) is 10.6 Å². The van der Waals surface area contributed by atoms with E-state index in [4.69, 9.17) is 4.42 Å². The van der Waals surface area contributed by atoms with E-state index < -0.39 is 16.7 Å². The lowest BCUT2D eigenvalue weighted by atomic mass is 10.1. The third-order valence-electron chi connectivity index (χ3n) is 4.20. The van der Waals surface area contributed by atoms with Crippen LogP contribution < -0.4 is 10.6 Å². The molecule has 0 bridgehead atoms. The molecule has 0 aliphatic heterocycles. The van der Waals surface area contributed by atoms with Crippen LogP contribution in [-0.4, -0.2) is 22.5 Å². The SMILES string of the molecule is CC(=O)c1ccc(NC(=O)C(=Cc2ccc([N+](=O)[O-])cc2)NC(=O)c2ccco2)cc1. The fourth-order valence-electron chi connectivity index (χ4n) is 2.60. The number of furan rings is 1. The number of benzene rings is 2. The average molecular weight is 419 g/mol. The normalized spacial score (nSPS) is 10.9. The maximum absolute atomic E-state index is 12.8. The number of anilines is 1. The van der Waals surface area contributed by atoms with E-state index in [-0.39, 0.29) is 22.9 Å². The van der Waals surface area contributed by atoms with Gasteiger partial charge in [-0.05, 0) is 67.1 Å². The molecule has 2 N–H and O–H groups in total. The van der Waals surface area contributed by atoms with Crippen molar-refractivity contribution in [3.8, 4) is 0 Å². The lowest BCUT2D eigenvalue weighted by Gasteiger charge is -2.11. The van der Waals surface area contributed by atoms with E-state index in [0.717, 1.165) is 0 Å². The standard InChI is InChI=1S/C22H17N3O6/c1-14(26)16-6-8-17(9-7-16)23-21(27)19(24-22(28)20-3-2-12-31-20)13-15-4-10-18(11-5-15)25(29)30/h2-13H,1H3,(H,23,27)(H,24,28). The first-order chi connectivity index (χ1) is 14.8. The molecular formula is C22H17N3O6. The minimum absolute atomic E-state index is 0.00760. The van der Waals surface area contributed by atoms with Gasteiger partial charge in [0, 0.05) is 23.4 Å². The highest BCUT2D eigenvalue weighted by molar-refractivity contribution is 6.10. The Morgan fingerprint density at radius 2 is 1.68 bits per heavy atom. The molecule has 0 atom stereocenters. The fraction of sp³-hybridized carbons (Fsp3) is 0.0455. The van der Waals surface area contributed by atoms with Gasteiger partial charge >= 0.3 is 0 Å². The van der Waals surface area contributed by atoms with Crippen molar-refractivity contribution >= 4 is 35.0 Å². The Morgan fingerprint density at radius 1 is 1.00 bits per heavy atom. The maximum atomic E-state index is 12.8. The molecule has 9 nitrogen and oxygen atoms in total. The minimum Gasteiger partial charge on any atom is -0.459 e. The van der Waals surface area contributed by atoms with Crippen LogP contribution in [-0.2, 0) is 4.79 Å². The zero-order valence-corrected chi connectivity index (χ0v) is 16.3. The maximum Gasteiger partial charge on any atom is 0.291 e. The molecule has 2 aromatic carbocycles. The number of carbonyl (C=O) groups excluding carboxylic acids is 3. The lowest BCUT2D eigenvalue weighted by Crippen LogP contribution is -2.30. The molecule has 0 saturated heterocycles. The highest BCUT2D eigenvalue weighted by Gasteiger charge is 2.17. The summed E-state index contributed by atoms with van der Waals surface area (Å²) in [7, 11) is 0. The first-order valence-electron chi connectivity index (χ1n) is 9.07. The van der Waals surface area contributed by atoms with Gasteiger partial charge in [0.05, 0.1) is 11.2 Å². The molecule has 0 radical (unpaired) electrons. The molecule has 9 heteroatoms. The van der Waals surface area contributed by atoms with E-state index in [1.807, 2.05) is 0 Å². The zero-order valence-electron chi connectivity index (χ0n) is 16.3. The number of ketones is 1. The second kappa shape index (κ2) is 9.31. The van der Waals surface area contributed by atoms with Crippen molar-refractivity contribution in [2.24, 2.45) is 0 Å². The second-order valence-corrected chi connectivity index (χ2v) is 6.43. The molecule has 3 aromatic rings. The van der Waals surface area contributed by atoms with Gasteiger partial charge in [-0.2, -0.15) is 0 Å². The number of hydrogen-bond donors (Lipinski definition) is 2. The number of carbonyl (C=O) groups is 3. The van der Waals surface area contributed by atoms with E-state index in [1.165, 1.54) is 55.7 Å². The summed E-state index contributed by atoms with van der Waals surface area (Å²) in [6.45, 7) is 1.43. The summed E-state index contributed by atoms with van der Waals surface area (Å²) in [6, 6.07) is 14.7. The molecule has 1 aromatic heterocycles. The third-order valence-corrected chi connectivity index (χ3v) is 4.20. The molecular weight excluding hydrogens is 402 g/mol. The Morgan fingerprint density at radius 3 is 2.23 bits per heavy atom. The van der Waals surface area contributed by atoms with Gasteiger partial charge in [-0.3, -0.25) is 24.5 Å². The smallest absolute Gasteiger partial charge is 0.291 e. The monoisotopic (exact) mass is 419 g/mol. The van der Waals surface area contributed by atoms with Crippen LogP contribution in [0.15, 0.2) is 77.0 Å². The molecule has 0 fully saturated rings. The molecule has 0 saturated carbocycles. The number of nitro benzene ring substituents is 1. The minimum atomic E-state index is -0.639. The molecule has 0 aliphatic rings. The number of nitrogens with zero attached hydrogens (tertiary/aromatic N) is 1. The zero-order chi connectivity index (χ0) is 22.4. The highest BCUT2D eigenvalue weighted by Crippen LogP contribution is 2.16. The predicted molar refractivity (Wildman–Crippen MR) is 112 cm³/mol. The summed E-state index contributed by atoms with van der Waals surface area (Å²) < 4.78 is 5.04. The predicted octanol–water partition coefficient (Wildman–Crippen LogP) is 3.80. The van der Waals surface area contributed by atoms with Crippen molar-refractivity contribution in [1.82, 2.24) is 5.32 Å². The van der Waals surface area contributed by atoms with Crippen molar-refractivity contribution < 1.29 is 23.7 Å². The van der Waals surface area contributed by atoms with Crippen LogP contribution in [0.5, 0.6) is 0 Å². The summed E-state index contributed by atoms with van der Waals surface area (Å²) >= 11 is 0. The van der Waals surface area contributed by atoms with Gasteiger partial charge in [0.2, 0.25) is 0 Å². The van der Waals surface area contributed by atoms with Gasteiger partial charge in [-0.1, -0.05) is 0 Å². The van der Waals surface area contributed by atoms with Gasteiger partial charge in [0.1, 0.15) is 5.70 Å². The van der Waals surface area contributed by atoms with Crippen LogP contribution in [0.25, 0.3) is 6.08 Å². The molecule has 0 aliphatic carbocycles. The van der Waals surface area contributed by atoms with E-state index in [0.29, 0.717) is 16.8 Å². The van der Waals surface area contributed by atoms with Crippen LogP contribution in [0.2, 0.25) is 0 Å². The lowest BCUT2D eigenvalue weighted by molar-refractivity contribution is -0.384. The van der Waals surface area contributed by atoms with Crippen LogP contribution >= 0.6 is 0 Å². The summed E-state index contributed by atoms with van der Waals surface area (Å²) in [5, 5.41) is 15.9. The highest BCUT2D eigenvalue weighted by atomic mass is 16.6. The molecule has 156 valence electrons. The van der Waals surface area contributed by atoms with Crippen molar-refractivity contribution in [2.75, 3.05) is 5.32 Å². The summed E-state index contributed by atoms with van der Waals surface area (Å²) in [5.74, 6) is -1.37. The summed E-state index contributed by atoms with van der Waals surface area (Å²) in [6.07, 6.45) is 2.70. The van der Waals surface area contributed by atoms with E-state index in [9.17, 15) is 24.5 Å². The topological polar surface area (TPSA) is 132 Å². The number of nitro groups is 1. The van der Waals surface area contributed by atoms with Gasteiger partial charge in [0.15, 0.2) is 11.5 Å². The first-order valence-corrected chi connectivity index (χ1v) is 9.07. The van der Waals surface area contributed by atoms with Gasteiger partial charge in [-0.25, -0.2) is 0 Å². The van der Waals surface area contributed by atoms with Crippen molar-refractivity contribution in [3.05, 3.63) is 99.6 Å². The van der Waals surface area contributed by atoms with Crippen molar-refractivity contribution in [3.63, 3.8) is 0 Å². The average Bonchev–Trinajstić information content (AvgIpc) is 3.29. The van der Waals surface area contributed by atoms with Crippen molar-refractivity contribution in [2.45, 2.75) is 6.92 Å². The van der Waals surface area contributed by atoms with Crippen LogP contribution in [0, 0.1) is 10.1 Å². The summed E-state index contributed by atoms with van der Waals surface area (Å²) in [5.41, 5.74) is 1.16. The second-order valence-electron chi connectivity index (χ2n) is 6.43. The number of nitrogens with one attached hydrogen (secondary N) is 2. The molecule has 0 spiro atoms. The van der Waals surface area contributed by atoms with E-state index >= 15 is 0 Å². The molecule has 3 rings (SSSR count). The quantitative estimate of drug-likeness (QED) is 0.259. The van der Waals surface area contributed by atoms with Crippen LogP contribution in [0.3, 0.4) is 0 Å². The third kappa shape index (κ3) is 5.51. The van der Waals surface area contributed by atoms with Gasteiger partial charge < -0.3 is 15.1 Å². The van der Waals surface area contributed by atoms with Crippen molar-refractivity contribution in [1.29, 1.82) is 0 Å². The van der Waals surface area contributed by atoms with Gasteiger partial charge in [0.25, 0.3) is 17.5 Å². The Kier molecular flexibility index (Phi) is 6.36. The molecule has 31 heavy (non-hydrogen) atoms. The fourth-order valence-corrected chi connectivity index (χ4v) is 2.60. The van der Waals surface area contributed by atoms with Crippen LogP contribution in [0.1, 0.15) is 33.4 Å². The number of hydrogen-bond acceptors (Lipinski definition) is 6. The van der Waals surface area contributed by atoms with E-state index in [1.54, 1.807) is 24.3 Å². The van der Waals surface area contributed by atoms with Crippen LogP contribution in [0.4, 0.5) is 11.4 Å². The molecule has 2 amide bonds. The largest absolute Gasteiger partial charge is 0.459 e. The first kappa shape index (κ1) is 21.2. The Hall–Kier alpha value is -4.53. The summed E-state index contributed by atoms with van der Waals surface area (Å²) in [4.78, 5) is 46.9. The number of Topliss-reactive ketones (excluding diaryl/α,β-unsaturated/α-hetero) is 1.